The van der Waals surface area contributed by atoms with Crippen LogP contribution in [0.4, 0.5) is 39.8 Å². The van der Waals surface area contributed by atoms with Crippen LogP contribution in [0.5, 0.6) is 0 Å². The molecule has 2 aromatic heterocycles. The first-order valence-corrected chi connectivity index (χ1v) is 35.1. The third-order valence-corrected chi connectivity index (χ3v) is 21.0. The lowest BCUT2D eigenvalue weighted by molar-refractivity contribution is 0.590. The average molecular weight is 1320 g/mol. The molecule has 103 heavy (non-hydrogen) atoms. The molecule has 0 bridgehead atoms. The molecular weight excluding hydrogens is 1250 g/mol. The Hall–Kier alpha value is -13.5. The Bertz CT molecular complexity index is 5860. The summed E-state index contributed by atoms with van der Waals surface area (Å²) in [5, 5.41) is 14.2. The van der Waals surface area contributed by atoms with Crippen molar-refractivity contribution in [2.45, 2.75) is 26.2 Å². The highest BCUT2D eigenvalue weighted by atomic mass is 16.3. The molecule has 0 unspecified atom stereocenters. The van der Waals surface area contributed by atoms with Gasteiger partial charge < -0.3 is 18.6 Å². The van der Waals surface area contributed by atoms with E-state index in [2.05, 4.69) is 345 Å². The van der Waals surface area contributed by atoms with E-state index in [9.17, 15) is 5.26 Å². The maximum atomic E-state index is 10.5. The van der Waals surface area contributed by atoms with Gasteiger partial charge in [0.15, 0.2) is 5.58 Å². The molecule has 2 aliphatic heterocycles. The largest absolute Gasteiger partial charge is 0.466 e. The number of nitrogens with zero attached hydrogens (tertiary/aromatic N) is 4. The van der Waals surface area contributed by atoms with E-state index in [1.807, 2.05) is 24.3 Å². The highest BCUT2D eigenvalue weighted by Crippen LogP contribution is 2.56. The van der Waals surface area contributed by atoms with E-state index in [1.54, 1.807) is 0 Å². The lowest BCUT2D eigenvalue weighted by Gasteiger charge is -2.46. The Labute approximate surface area is 598 Å². The molecule has 0 saturated carbocycles. The first-order valence-electron chi connectivity index (χ1n) is 35.1. The minimum atomic E-state index is -0.409. The topological polar surface area (TPSA) is 60.9 Å². The lowest BCUT2D eigenvalue weighted by atomic mass is 9.33. The van der Waals surface area contributed by atoms with Crippen molar-refractivity contribution < 1.29 is 8.83 Å². The zero-order chi connectivity index (χ0) is 69.0. The second-order valence-corrected chi connectivity index (χ2v) is 28.0. The maximum Gasteiger partial charge on any atom is 0.252 e. The molecule has 0 saturated heterocycles. The second kappa shape index (κ2) is 24.2. The van der Waals surface area contributed by atoms with Crippen LogP contribution in [-0.4, -0.2) is 6.71 Å². The van der Waals surface area contributed by atoms with Gasteiger partial charge in [0.05, 0.1) is 23.5 Å². The summed E-state index contributed by atoms with van der Waals surface area (Å²) in [5.41, 5.74) is 30.9. The molecule has 4 heterocycles. The summed E-state index contributed by atoms with van der Waals surface area (Å²) in [7, 11) is 0. The summed E-state index contributed by atoms with van der Waals surface area (Å²) < 4.78 is 14.0. The maximum absolute atomic E-state index is 10.5. The number of furan rings is 2. The summed E-state index contributed by atoms with van der Waals surface area (Å²) >= 11 is 0. The van der Waals surface area contributed by atoms with Gasteiger partial charge in [-0.3, -0.25) is 0 Å². The Balaban J connectivity index is 0.995. The first-order chi connectivity index (χ1) is 50.6. The Morgan fingerprint density at radius 1 is 0.330 bits per heavy atom. The van der Waals surface area contributed by atoms with Crippen molar-refractivity contribution >= 4 is 107 Å². The molecule has 2 aliphatic rings. The summed E-state index contributed by atoms with van der Waals surface area (Å²) in [5.74, 6) is 0. The van der Waals surface area contributed by atoms with Gasteiger partial charge in [-0.15, -0.1) is 0 Å². The van der Waals surface area contributed by atoms with E-state index in [-0.39, 0.29) is 5.41 Å². The van der Waals surface area contributed by atoms with Gasteiger partial charge in [0, 0.05) is 77.7 Å². The quantitative estimate of drug-likeness (QED) is 0.101. The highest BCUT2D eigenvalue weighted by molar-refractivity contribution is 7.00. The standard InChI is InChI=1S/C96H63BN4O2/c1-96(2,3)71-57-87-89-88(58-71)101(91-80(64-35-19-9-20-36-64)53-70(61-29-13-6-14-30-61)54-81(91)65-37-21-10-22-38-65)86-50-48-67(73-41-25-44-76-77-45-26-46-84(99-4)95(77)103-94(73)76)56-83(86)97(89)82-55-66(72-40-24-43-75-74-42-23-39-68(59-98)92(74)102-93(72)75)47-49-85(82)100(87)90-78(62-31-15-7-16-32-62)51-69(60-27-11-5-12-28-60)52-79(90)63-33-17-8-18-34-63/h5-58H,1-3H3. The van der Waals surface area contributed by atoms with Gasteiger partial charge in [0.1, 0.15) is 22.8 Å². The fraction of sp³-hybridized carbons (Fsp3) is 0.0417. The minimum Gasteiger partial charge on any atom is -0.466 e. The Morgan fingerprint density at radius 3 is 1.08 bits per heavy atom. The number of hydrogen-bond donors (Lipinski definition) is 0. The number of anilines is 6. The van der Waals surface area contributed by atoms with E-state index in [0.29, 0.717) is 22.4 Å². The van der Waals surface area contributed by atoms with Crippen molar-refractivity contribution in [1.29, 1.82) is 5.26 Å². The van der Waals surface area contributed by atoms with Crippen LogP contribution in [0.3, 0.4) is 0 Å². The number of benzene rings is 15. The molecule has 7 heteroatoms. The van der Waals surface area contributed by atoms with Crippen LogP contribution in [0.25, 0.3) is 138 Å². The number of nitriles is 1. The monoisotopic (exact) mass is 1310 g/mol. The van der Waals surface area contributed by atoms with Crippen molar-refractivity contribution in [2.24, 2.45) is 0 Å². The van der Waals surface area contributed by atoms with Crippen molar-refractivity contribution in [2.75, 3.05) is 9.80 Å². The first kappa shape index (κ1) is 60.7. The van der Waals surface area contributed by atoms with Gasteiger partial charge in [0.25, 0.3) is 6.71 Å². The molecule has 0 spiro atoms. The van der Waals surface area contributed by atoms with Crippen LogP contribution in [0.1, 0.15) is 31.9 Å². The van der Waals surface area contributed by atoms with Crippen LogP contribution in [0.15, 0.2) is 336 Å². The summed E-state index contributed by atoms with van der Waals surface area (Å²) in [6.07, 6.45) is 0. The van der Waals surface area contributed by atoms with Crippen LogP contribution < -0.4 is 26.2 Å². The fourth-order valence-corrected chi connectivity index (χ4v) is 16.2. The Morgan fingerprint density at radius 2 is 0.689 bits per heavy atom. The van der Waals surface area contributed by atoms with E-state index in [4.69, 9.17) is 15.4 Å². The zero-order valence-corrected chi connectivity index (χ0v) is 56.9. The van der Waals surface area contributed by atoms with Crippen LogP contribution in [0, 0.1) is 17.9 Å². The molecule has 0 fully saturated rings. The Kier molecular flexibility index (Phi) is 14.2. The van der Waals surface area contributed by atoms with Gasteiger partial charge in [-0.1, -0.05) is 294 Å². The molecule has 482 valence electrons. The van der Waals surface area contributed by atoms with Gasteiger partial charge >= 0.3 is 0 Å². The number of hydrogen-bond acceptors (Lipinski definition) is 5. The van der Waals surface area contributed by atoms with Gasteiger partial charge in [-0.25, -0.2) is 4.85 Å². The minimum absolute atomic E-state index is 0.370. The molecule has 15 aromatic carbocycles. The number of fused-ring (bicyclic) bond motifs is 10. The van der Waals surface area contributed by atoms with Crippen molar-refractivity contribution in [3.63, 3.8) is 0 Å². The zero-order valence-electron chi connectivity index (χ0n) is 56.9. The van der Waals surface area contributed by atoms with E-state index < -0.39 is 6.71 Å². The van der Waals surface area contributed by atoms with Gasteiger partial charge in [-0.2, -0.15) is 5.26 Å². The predicted octanol–water partition coefficient (Wildman–Crippen LogP) is 24.6. The summed E-state index contributed by atoms with van der Waals surface area (Å²) in [6.45, 7) is 14.9. The van der Waals surface area contributed by atoms with Crippen molar-refractivity contribution in [1.82, 2.24) is 0 Å². The van der Waals surface area contributed by atoms with Crippen LogP contribution >= 0.6 is 0 Å². The fourth-order valence-electron chi connectivity index (χ4n) is 16.2. The van der Waals surface area contributed by atoms with E-state index in [1.165, 1.54) is 5.56 Å². The van der Waals surface area contributed by atoms with Gasteiger partial charge in [-0.05, 0) is 138 Å². The third-order valence-electron chi connectivity index (χ3n) is 21.0. The molecule has 6 nitrogen and oxygen atoms in total. The summed E-state index contributed by atoms with van der Waals surface area (Å²) in [6, 6.07) is 121. The van der Waals surface area contributed by atoms with Crippen molar-refractivity contribution in [3.05, 3.63) is 350 Å². The van der Waals surface area contributed by atoms with Crippen LogP contribution in [0.2, 0.25) is 0 Å². The second-order valence-electron chi connectivity index (χ2n) is 28.0. The molecule has 19 rings (SSSR count). The van der Waals surface area contributed by atoms with Crippen LogP contribution in [-0.2, 0) is 5.41 Å². The number of para-hydroxylation sites is 4. The molecule has 0 amide bonds. The lowest BCUT2D eigenvalue weighted by Crippen LogP contribution is -2.61. The molecule has 0 atom stereocenters. The summed E-state index contributed by atoms with van der Waals surface area (Å²) in [4.78, 5) is 9.20. The molecule has 17 aromatic rings. The van der Waals surface area contributed by atoms with Crippen molar-refractivity contribution in [3.8, 4) is 95.1 Å². The smallest absolute Gasteiger partial charge is 0.252 e. The highest BCUT2D eigenvalue weighted by Gasteiger charge is 2.46. The molecular formula is C96H63BN4O2. The normalized spacial score (nSPS) is 12.3. The third kappa shape index (κ3) is 9.92. The molecule has 0 N–H and O–H groups in total. The molecule has 0 radical (unpaired) electrons. The average Bonchev–Trinajstić information content (AvgIpc) is 1.33. The number of rotatable bonds is 10. The van der Waals surface area contributed by atoms with Gasteiger partial charge in [0.2, 0.25) is 5.69 Å². The SMILES string of the molecule is [C-]#[N+]c1cccc2c1oc1c(-c3ccc4c(c3)B3c5cc(-c6cccc7c6oc6c(C#N)cccc67)ccc5N(c5c(-c6ccccc6)cc(-c6ccccc6)cc5-c5ccccc5)c5cc(C(C)(C)C)cc(c53)N4c3c(-c4ccccc4)cc(-c4ccccc4)cc3-c3ccccc3)cccc12. The van der Waals surface area contributed by atoms with E-state index in [0.717, 1.165) is 172 Å². The molecule has 0 aliphatic carbocycles. The predicted molar refractivity (Wildman–Crippen MR) is 428 cm³/mol. The van der Waals surface area contributed by atoms with E-state index >= 15 is 0 Å².